The van der Waals surface area contributed by atoms with Gasteiger partial charge in [0.25, 0.3) is 0 Å². The Balaban J connectivity index is -0.00000109. The second-order valence-corrected chi connectivity index (χ2v) is 35.0. The Hall–Kier alpha value is -2.29. The van der Waals surface area contributed by atoms with Crippen molar-refractivity contribution in [3.8, 4) is 0 Å². The zero-order chi connectivity index (χ0) is 48.5. The summed E-state index contributed by atoms with van der Waals surface area (Å²) in [5.41, 5.74) is -1.78. The van der Waals surface area contributed by atoms with Crippen molar-refractivity contribution in [3.05, 3.63) is 25.3 Å². The molecule has 0 aromatic heterocycles. The molecule has 0 spiro atoms. The first-order valence-electron chi connectivity index (χ1n) is 22.3. The lowest BCUT2D eigenvalue weighted by Gasteiger charge is -2.40. The minimum atomic E-state index is -1.61. The van der Waals surface area contributed by atoms with E-state index in [9.17, 15) is 29.4 Å². The van der Waals surface area contributed by atoms with E-state index in [1.807, 2.05) is 109 Å². The fourth-order valence-corrected chi connectivity index (χ4v) is 12.0. The summed E-state index contributed by atoms with van der Waals surface area (Å²) in [6.07, 6.45) is 3.90. The van der Waals surface area contributed by atoms with Crippen LogP contribution in [0.25, 0.3) is 0 Å². The summed E-state index contributed by atoms with van der Waals surface area (Å²) in [6.45, 7) is 52.2. The third kappa shape index (κ3) is 21.3. The minimum Gasteiger partial charge on any atom is -0.393 e. The summed E-state index contributed by atoms with van der Waals surface area (Å²) in [5.74, 6) is -0.585. The molecule has 0 aromatic carbocycles. The summed E-state index contributed by atoms with van der Waals surface area (Å²) in [5, 5.41) is 28.0. The van der Waals surface area contributed by atoms with E-state index >= 15 is 0 Å². The molecule has 0 aliphatic heterocycles. The monoisotopic (exact) mass is 897 g/mol. The number of nitrogens with zero attached hydrogens (tertiary/aromatic N) is 2. The molecule has 0 aliphatic carbocycles. The predicted molar refractivity (Wildman–Crippen MR) is 267 cm³/mol. The van der Waals surface area contributed by atoms with Crippen molar-refractivity contribution in [1.82, 2.24) is 20.4 Å². The lowest BCUT2D eigenvalue weighted by atomic mass is 9.82. The average molecular weight is 898 g/mol. The topological polar surface area (TPSA) is 139 Å². The molecule has 0 radical (unpaired) electrons. The van der Waals surface area contributed by atoms with Gasteiger partial charge in [-0.25, -0.2) is 0 Å². The zero-order valence-electron chi connectivity index (χ0n) is 43.2. The number of rotatable bonds is 18. The molecule has 0 heterocycles. The molecule has 0 rings (SSSR count). The molecular formula is C49H100N4O6Si2. The van der Waals surface area contributed by atoms with Crippen molar-refractivity contribution in [2.45, 2.75) is 217 Å². The number of carbonyl (C=O) groups is 4. The van der Waals surface area contributed by atoms with Gasteiger partial charge in [0.05, 0.1) is 28.4 Å². The Morgan fingerprint density at radius 1 is 0.557 bits per heavy atom. The maximum atomic E-state index is 13.2. The second kappa shape index (κ2) is 24.1. The first-order valence-corrected chi connectivity index (χ1v) is 29.4. The zero-order valence-corrected chi connectivity index (χ0v) is 45.2. The van der Waals surface area contributed by atoms with Crippen LogP contribution in [0.2, 0.25) is 50.4 Å². The van der Waals surface area contributed by atoms with Gasteiger partial charge in [-0.1, -0.05) is 128 Å². The Kier molecular flexibility index (Phi) is 24.9. The number of hydrogen-bond acceptors (Lipinski definition) is 6. The van der Waals surface area contributed by atoms with E-state index in [0.717, 1.165) is 0 Å². The lowest BCUT2D eigenvalue weighted by molar-refractivity contribution is -0.148. The third-order valence-corrected chi connectivity index (χ3v) is 16.9. The molecule has 0 unspecified atom stereocenters. The summed E-state index contributed by atoms with van der Waals surface area (Å²) < 4.78 is 0. The van der Waals surface area contributed by atoms with Crippen LogP contribution in [0.5, 0.6) is 0 Å². The lowest BCUT2D eigenvalue weighted by Crippen LogP contribution is -2.57. The smallest absolute Gasteiger partial charge is 0.243 e. The molecule has 12 heteroatoms. The van der Waals surface area contributed by atoms with Crippen LogP contribution in [0, 0.1) is 34.5 Å². The van der Waals surface area contributed by atoms with Gasteiger partial charge >= 0.3 is 0 Å². The molecular weight excluding hydrogens is 797 g/mol. The Morgan fingerprint density at radius 2 is 0.787 bits per heavy atom. The van der Waals surface area contributed by atoms with E-state index in [1.165, 1.54) is 0 Å². The molecule has 0 aliphatic rings. The molecule has 10 nitrogen and oxygen atoms in total. The Labute approximate surface area is 379 Å². The number of aliphatic hydroxyl groups excluding tert-OH is 2. The van der Waals surface area contributed by atoms with Crippen molar-refractivity contribution >= 4 is 39.8 Å². The highest BCUT2D eigenvalue weighted by Crippen LogP contribution is 2.35. The fraction of sp³-hybridized carbons (Fsp3) is 0.837. The predicted octanol–water partition coefficient (Wildman–Crippen LogP) is 10.0. The first kappa shape index (κ1) is 63.0. The van der Waals surface area contributed by atoms with Gasteiger partial charge in [-0.2, -0.15) is 0 Å². The quantitative estimate of drug-likeness (QED) is 0.0798. The summed E-state index contributed by atoms with van der Waals surface area (Å²) in [7, 11) is 0.217. The molecule has 0 saturated heterocycles. The SMILES string of the molecule is C.C=C[C@@H]([C@H](O)C[C@@H](C)[C@@H](C)[C@@H](C(=O)NC(C)(C)C)N(C)C(=O)C(C)(C)C)[Si](C)(C)C.C=C[C@H]([C@@H](O)C[C@@H](C)[C@@H](C)[C@@H](C(=O)NC(C)(C)C)N(C)C(=O)C(C)(C)C)[Si](C)(C)C. The molecule has 0 aromatic rings. The third-order valence-electron chi connectivity index (χ3n) is 11.6. The van der Waals surface area contributed by atoms with E-state index in [0.29, 0.717) is 12.8 Å². The summed E-state index contributed by atoms with van der Waals surface area (Å²) >= 11 is 0. The van der Waals surface area contributed by atoms with Crippen molar-refractivity contribution in [2.24, 2.45) is 34.5 Å². The molecule has 0 bridgehead atoms. The first-order chi connectivity index (χ1) is 26.5. The van der Waals surface area contributed by atoms with Crippen LogP contribution < -0.4 is 10.6 Å². The molecule has 10 atom stereocenters. The highest BCUT2D eigenvalue weighted by atomic mass is 28.3. The maximum absolute atomic E-state index is 13.2. The molecule has 4 amide bonds. The van der Waals surface area contributed by atoms with Crippen LogP contribution >= 0.6 is 0 Å². The van der Waals surface area contributed by atoms with Crippen LogP contribution in [-0.4, -0.2) is 109 Å². The van der Waals surface area contributed by atoms with Gasteiger partial charge in [0.1, 0.15) is 12.1 Å². The van der Waals surface area contributed by atoms with Crippen molar-refractivity contribution in [3.63, 3.8) is 0 Å². The van der Waals surface area contributed by atoms with E-state index in [1.54, 1.807) is 23.9 Å². The van der Waals surface area contributed by atoms with E-state index in [2.05, 4.69) is 76.9 Å². The van der Waals surface area contributed by atoms with Crippen LogP contribution in [0.1, 0.15) is 131 Å². The molecule has 61 heavy (non-hydrogen) atoms. The van der Waals surface area contributed by atoms with Gasteiger partial charge in [-0.05, 0) is 89.1 Å². The van der Waals surface area contributed by atoms with Gasteiger partial charge < -0.3 is 30.6 Å². The van der Waals surface area contributed by atoms with Gasteiger partial charge in [-0.15, -0.1) is 13.2 Å². The largest absolute Gasteiger partial charge is 0.393 e. The van der Waals surface area contributed by atoms with Crippen molar-refractivity contribution < 1.29 is 29.4 Å². The van der Waals surface area contributed by atoms with Gasteiger partial charge in [0.15, 0.2) is 0 Å². The van der Waals surface area contributed by atoms with Crippen molar-refractivity contribution in [2.75, 3.05) is 14.1 Å². The number of carbonyl (C=O) groups excluding carboxylic acids is 4. The van der Waals surface area contributed by atoms with Gasteiger partial charge in [0, 0.05) is 36.0 Å². The summed E-state index contributed by atoms with van der Waals surface area (Å²) in [6, 6.07) is -1.21. The average Bonchev–Trinajstić information content (AvgIpc) is 3.00. The second-order valence-electron chi connectivity index (χ2n) is 24.2. The number of aliphatic hydroxyl groups is 2. The molecule has 4 N–H and O–H groups in total. The van der Waals surface area contributed by atoms with Crippen molar-refractivity contribution in [1.29, 1.82) is 0 Å². The summed E-state index contributed by atoms with van der Waals surface area (Å²) in [4.78, 5) is 55.7. The van der Waals surface area contributed by atoms with E-state index in [-0.39, 0.29) is 65.8 Å². The van der Waals surface area contributed by atoms with Crippen LogP contribution in [0.15, 0.2) is 25.3 Å². The van der Waals surface area contributed by atoms with Crippen LogP contribution in [0.4, 0.5) is 0 Å². The fourth-order valence-electron chi connectivity index (χ4n) is 8.01. The number of nitrogens with one attached hydrogen (secondary N) is 2. The van der Waals surface area contributed by atoms with E-state index in [4.69, 9.17) is 0 Å². The number of likely N-dealkylation sites (N-methyl/N-ethyl adjacent to an activating group) is 2. The van der Waals surface area contributed by atoms with Crippen LogP contribution in [0.3, 0.4) is 0 Å². The van der Waals surface area contributed by atoms with E-state index < -0.39 is 62.3 Å². The highest BCUT2D eigenvalue weighted by molar-refractivity contribution is 6.78. The van der Waals surface area contributed by atoms with Gasteiger partial charge in [-0.3, -0.25) is 19.2 Å². The normalized spacial score (nSPS) is 17.7. The standard InChI is InChI=1S/2C24H48N2O3Si.CH4/c2*1-14-19(30(11,12)13)18(27)15-16(2)17(3)20(21(28)25-24(7,8)9)26(10)22(29)23(4,5)6;/h2*14,16-20,27H,1,15H2,2-13H3,(H,25,28);1H4/t16-,17-,18+,19-,20+;16-,17-,18-,19+,20+;/m11./s1. The Bertz CT molecular complexity index is 1300. The van der Waals surface area contributed by atoms with Crippen LogP contribution in [-0.2, 0) is 19.2 Å². The number of hydrogen-bond donors (Lipinski definition) is 4. The Morgan fingerprint density at radius 3 is 0.951 bits per heavy atom. The highest BCUT2D eigenvalue weighted by Gasteiger charge is 2.42. The molecule has 0 saturated carbocycles. The maximum Gasteiger partial charge on any atom is 0.243 e. The van der Waals surface area contributed by atoms with Gasteiger partial charge in [0.2, 0.25) is 23.6 Å². The molecule has 0 fully saturated rings. The number of amides is 4. The molecule has 360 valence electrons. The minimum absolute atomic E-state index is 0.